The zero-order valence-electron chi connectivity index (χ0n) is 11.4. The predicted molar refractivity (Wildman–Crippen MR) is 71.8 cm³/mol. The van der Waals surface area contributed by atoms with Gasteiger partial charge in [0.1, 0.15) is 0 Å². The van der Waals surface area contributed by atoms with Crippen LogP contribution in [-0.4, -0.2) is 44.5 Å². The first-order valence-electron chi connectivity index (χ1n) is 6.30. The zero-order valence-corrected chi connectivity index (χ0v) is 12.2. The van der Waals surface area contributed by atoms with Crippen LogP contribution in [0, 0.1) is 21.8 Å². The van der Waals surface area contributed by atoms with Gasteiger partial charge in [0.25, 0.3) is 0 Å². The third-order valence-electron chi connectivity index (χ3n) is 3.40. The van der Waals surface area contributed by atoms with E-state index in [1.165, 1.54) is 7.11 Å². The van der Waals surface area contributed by atoms with Crippen molar-refractivity contribution in [3.05, 3.63) is 34.1 Å². The summed E-state index contributed by atoms with van der Waals surface area (Å²) in [5, 5.41) is 10.9. The van der Waals surface area contributed by atoms with Gasteiger partial charge in [0.05, 0.1) is 11.5 Å². The first kappa shape index (κ1) is 15.8. The Hall–Kier alpha value is -1.58. The van der Waals surface area contributed by atoms with Crippen LogP contribution in [0.3, 0.4) is 0 Å². The molecule has 0 spiro atoms. The average molecular weight is 318 g/mol. The first-order chi connectivity index (χ1) is 9.87. The SMILES string of the molecule is COCC1CCN(S(=O)(=O)c2cccc(F)c2[N+](=O)[O-])C1. The fourth-order valence-corrected chi connectivity index (χ4v) is 4.11. The fraction of sp³-hybridized carbons (Fsp3) is 0.500. The Morgan fingerprint density at radius 1 is 1.52 bits per heavy atom. The Morgan fingerprint density at radius 2 is 2.24 bits per heavy atom. The van der Waals surface area contributed by atoms with E-state index in [0.29, 0.717) is 13.0 Å². The molecule has 1 aromatic carbocycles. The number of ether oxygens (including phenoxy) is 1. The lowest BCUT2D eigenvalue weighted by Gasteiger charge is -2.16. The summed E-state index contributed by atoms with van der Waals surface area (Å²) in [7, 11) is -2.57. The molecule has 1 unspecified atom stereocenters. The molecule has 0 saturated carbocycles. The van der Waals surface area contributed by atoms with E-state index in [1.807, 2.05) is 0 Å². The molecule has 1 atom stereocenters. The number of methoxy groups -OCH3 is 1. The maximum absolute atomic E-state index is 13.6. The minimum atomic E-state index is -4.09. The van der Waals surface area contributed by atoms with Gasteiger partial charge in [-0.05, 0) is 24.5 Å². The number of para-hydroxylation sites is 1. The van der Waals surface area contributed by atoms with E-state index in [0.717, 1.165) is 22.5 Å². The molecule has 0 bridgehead atoms. The van der Waals surface area contributed by atoms with Gasteiger partial charge in [-0.15, -0.1) is 0 Å². The van der Waals surface area contributed by atoms with Crippen LogP contribution in [0.5, 0.6) is 0 Å². The van der Waals surface area contributed by atoms with Crippen LogP contribution in [0.25, 0.3) is 0 Å². The minimum absolute atomic E-state index is 0.0393. The highest BCUT2D eigenvalue weighted by Gasteiger charge is 2.37. The third kappa shape index (κ3) is 3.04. The number of sulfonamides is 1. The Kier molecular flexibility index (Phi) is 4.55. The van der Waals surface area contributed by atoms with E-state index in [9.17, 15) is 22.9 Å². The number of halogens is 1. The number of nitro benzene ring substituents is 1. The summed E-state index contributed by atoms with van der Waals surface area (Å²) >= 11 is 0. The highest BCUT2D eigenvalue weighted by atomic mass is 32.2. The molecule has 1 aromatic rings. The maximum Gasteiger partial charge on any atom is 0.324 e. The highest BCUT2D eigenvalue weighted by molar-refractivity contribution is 7.89. The topological polar surface area (TPSA) is 89.8 Å². The van der Waals surface area contributed by atoms with Crippen LogP contribution in [0.1, 0.15) is 6.42 Å². The molecular formula is C12H15FN2O5S. The molecule has 116 valence electrons. The molecule has 0 N–H and O–H groups in total. The smallest absolute Gasteiger partial charge is 0.324 e. The van der Waals surface area contributed by atoms with Crippen LogP contribution in [0.15, 0.2) is 23.1 Å². The molecule has 0 aliphatic carbocycles. The Morgan fingerprint density at radius 3 is 2.86 bits per heavy atom. The number of hydrogen-bond donors (Lipinski definition) is 0. The minimum Gasteiger partial charge on any atom is -0.384 e. The Balaban J connectivity index is 2.38. The molecule has 1 saturated heterocycles. The molecule has 0 radical (unpaired) electrons. The molecule has 0 aromatic heterocycles. The van der Waals surface area contributed by atoms with Gasteiger partial charge in [-0.1, -0.05) is 6.07 Å². The molecular weight excluding hydrogens is 303 g/mol. The van der Waals surface area contributed by atoms with Crippen molar-refractivity contribution < 1.29 is 22.5 Å². The number of nitrogens with zero attached hydrogens (tertiary/aromatic N) is 2. The quantitative estimate of drug-likeness (QED) is 0.604. The lowest BCUT2D eigenvalue weighted by Crippen LogP contribution is -2.30. The second kappa shape index (κ2) is 6.04. The van der Waals surface area contributed by atoms with Gasteiger partial charge in [-0.2, -0.15) is 8.70 Å². The van der Waals surface area contributed by atoms with Gasteiger partial charge in [-0.3, -0.25) is 10.1 Å². The normalized spacial score (nSPS) is 19.8. The molecule has 1 fully saturated rings. The molecule has 1 aliphatic heterocycles. The van der Waals surface area contributed by atoms with Crippen LogP contribution in [-0.2, 0) is 14.8 Å². The molecule has 9 heteroatoms. The van der Waals surface area contributed by atoms with Crippen LogP contribution in [0.4, 0.5) is 10.1 Å². The molecule has 2 rings (SSSR count). The fourth-order valence-electron chi connectivity index (χ4n) is 2.41. The number of rotatable bonds is 5. The van der Waals surface area contributed by atoms with Gasteiger partial charge < -0.3 is 4.74 Å². The van der Waals surface area contributed by atoms with Crippen LogP contribution >= 0.6 is 0 Å². The Bertz CT molecular complexity index is 649. The van der Waals surface area contributed by atoms with Gasteiger partial charge in [-0.25, -0.2) is 8.42 Å². The van der Waals surface area contributed by atoms with Crippen molar-refractivity contribution in [3.8, 4) is 0 Å². The predicted octanol–water partition coefficient (Wildman–Crippen LogP) is 1.39. The molecule has 1 heterocycles. The van der Waals surface area contributed by atoms with E-state index in [-0.39, 0.29) is 19.0 Å². The van der Waals surface area contributed by atoms with Gasteiger partial charge in [0.2, 0.25) is 15.8 Å². The highest BCUT2D eigenvalue weighted by Crippen LogP contribution is 2.31. The summed E-state index contributed by atoms with van der Waals surface area (Å²) in [6.45, 7) is 0.866. The van der Waals surface area contributed by atoms with Crippen LogP contribution in [0.2, 0.25) is 0 Å². The lowest BCUT2D eigenvalue weighted by atomic mass is 10.1. The van der Waals surface area contributed by atoms with Crippen molar-refractivity contribution >= 4 is 15.7 Å². The van der Waals surface area contributed by atoms with E-state index >= 15 is 0 Å². The zero-order chi connectivity index (χ0) is 15.6. The van der Waals surface area contributed by atoms with Gasteiger partial charge >= 0.3 is 5.69 Å². The standard InChI is InChI=1S/C12H15FN2O5S/c1-20-8-9-5-6-14(7-9)21(18,19)11-4-2-3-10(13)12(11)15(16)17/h2-4,9H,5-8H2,1H3. The van der Waals surface area contributed by atoms with Crippen molar-refractivity contribution in [1.82, 2.24) is 4.31 Å². The molecule has 7 nitrogen and oxygen atoms in total. The summed E-state index contributed by atoms with van der Waals surface area (Å²) in [5.74, 6) is -1.12. The van der Waals surface area contributed by atoms with Crippen molar-refractivity contribution in [1.29, 1.82) is 0 Å². The van der Waals surface area contributed by atoms with Gasteiger partial charge in [0, 0.05) is 20.2 Å². The largest absolute Gasteiger partial charge is 0.384 e. The summed E-state index contributed by atoms with van der Waals surface area (Å²) < 4.78 is 44.6. The summed E-state index contributed by atoms with van der Waals surface area (Å²) in [6.07, 6.45) is 0.607. The van der Waals surface area contributed by atoms with Crippen molar-refractivity contribution in [2.24, 2.45) is 5.92 Å². The number of nitro groups is 1. The van der Waals surface area contributed by atoms with E-state index in [1.54, 1.807) is 0 Å². The second-order valence-corrected chi connectivity index (χ2v) is 6.72. The maximum atomic E-state index is 13.6. The number of hydrogen-bond acceptors (Lipinski definition) is 5. The average Bonchev–Trinajstić information content (AvgIpc) is 2.87. The van der Waals surface area contributed by atoms with E-state index in [2.05, 4.69) is 0 Å². The molecule has 0 amide bonds. The van der Waals surface area contributed by atoms with E-state index < -0.39 is 31.3 Å². The lowest BCUT2D eigenvalue weighted by molar-refractivity contribution is -0.390. The second-order valence-electron chi connectivity index (χ2n) is 4.82. The van der Waals surface area contributed by atoms with Crippen molar-refractivity contribution in [3.63, 3.8) is 0 Å². The van der Waals surface area contributed by atoms with Gasteiger partial charge in [0.15, 0.2) is 4.90 Å². The van der Waals surface area contributed by atoms with Crippen LogP contribution < -0.4 is 0 Å². The first-order valence-corrected chi connectivity index (χ1v) is 7.74. The van der Waals surface area contributed by atoms with Crippen molar-refractivity contribution in [2.45, 2.75) is 11.3 Å². The third-order valence-corrected chi connectivity index (χ3v) is 5.30. The monoisotopic (exact) mass is 318 g/mol. The Labute approximate surface area is 121 Å². The van der Waals surface area contributed by atoms with E-state index in [4.69, 9.17) is 4.74 Å². The molecule has 21 heavy (non-hydrogen) atoms. The summed E-state index contributed by atoms with van der Waals surface area (Å²) in [5.41, 5.74) is -1.01. The number of benzene rings is 1. The van der Waals surface area contributed by atoms with Crippen molar-refractivity contribution in [2.75, 3.05) is 26.8 Å². The molecule has 1 aliphatic rings. The summed E-state index contributed by atoms with van der Waals surface area (Å²) in [6, 6.07) is 3.08. The summed E-state index contributed by atoms with van der Waals surface area (Å²) in [4.78, 5) is 9.32.